The average Bonchev–Trinajstić information content (AvgIpc) is 1.49. The van der Waals surface area contributed by atoms with Crippen molar-refractivity contribution in [1.29, 1.82) is 0 Å². The Morgan fingerprint density at radius 1 is 1.08 bits per heavy atom. The Kier molecular flexibility index (Phi) is 2.81. The molecular formula is C6H12O6. The summed E-state index contributed by atoms with van der Waals surface area (Å²) in [6, 6.07) is 0. The third kappa shape index (κ3) is 2.74. The van der Waals surface area contributed by atoms with E-state index in [9.17, 15) is 4.79 Å². The van der Waals surface area contributed by atoms with Crippen molar-refractivity contribution in [3.8, 4) is 0 Å². The Morgan fingerprint density at radius 2 is 1.33 bits per heavy atom. The van der Waals surface area contributed by atoms with Gasteiger partial charge in [0.15, 0.2) is 17.5 Å². The van der Waals surface area contributed by atoms with Crippen LogP contribution < -0.4 is 0 Å². The van der Waals surface area contributed by atoms with Crippen LogP contribution in [-0.4, -0.2) is 43.1 Å². The van der Waals surface area contributed by atoms with Crippen LogP contribution in [0.15, 0.2) is 0 Å². The molecule has 0 aromatic heterocycles. The van der Waals surface area contributed by atoms with Crippen molar-refractivity contribution in [3.63, 3.8) is 0 Å². The van der Waals surface area contributed by atoms with Gasteiger partial charge in [0, 0.05) is 0 Å². The number of carboxylic acids is 1. The first kappa shape index (κ1) is 11.3. The second kappa shape index (κ2) is 2.98. The molecule has 6 heteroatoms. The predicted octanol–water partition coefficient (Wildman–Crippen LogP) is -1.91. The molecule has 12 heavy (non-hydrogen) atoms. The van der Waals surface area contributed by atoms with E-state index in [-0.39, 0.29) is 0 Å². The minimum absolute atomic E-state index is 0.760. The van der Waals surface area contributed by atoms with Crippen LogP contribution in [-0.2, 0) is 4.79 Å². The highest BCUT2D eigenvalue weighted by atomic mass is 16.5. The minimum atomic E-state index is -2.68. The van der Waals surface area contributed by atoms with Gasteiger partial charge in [0.25, 0.3) is 0 Å². The minimum Gasteiger partial charge on any atom is -0.481 e. The summed E-state index contributed by atoms with van der Waals surface area (Å²) >= 11 is 0. The Morgan fingerprint density at radius 3 is 1.33 bits per heavy atom. The molecule has 0 fully saturated rings. The zero-order valence-corrected chi connectivity index (χ0v) is 6.72. The Hall–Kier alpha value is -0.690. The Balaban J connectivity index is 4.82. The normalized spacial score (nSPS) is 13.6. The molecule has 0 radical (unpaired) electrons. The molecule has 0 saturated heterocycles. The predicted molar refractivity (Wildman–Crippen MR) is 36.8 cm³/mol. The zero-order chi connectivity index (χ0) is 10.2. The van der Waals surface area contributed by atoms with E-state index in [0.29, 0.717) is 0 Å². The number of rotatable bonds is 3. The van der Waals surface area contributed by atoms with Crippen molar-refractivity contribution in [1.82, 2.24) is 0 Å². The summed E-state index contributed by atoms with van der Waals surface area (Å²) in [5.74, 6) is -9.13. The molecule has 0 saturated carbocycles. The maximum Gasteiger partial charge on any atom is 0.317 e. The van der Waals surface area contributed by atoms with E-state index in [4.69, 9.17) is 25.5 Å². The SMILES string of the molecule is CC(O)(O)C(C(=O)O)C(C)(O)O. The van der Waals surface area contributed by atoms with Crippen LogP contribution in [0.4, 0.5) is 0 Å². The van der Waals surface area contributed by atoms with Crippen molar-refractivity contribution >= 4 is 5.97 Å². The average molecular weight is 180 g/mol. The number of hydrogen-bond acceptors (Lipinski definition) is 5. The Labute approximate surface area is 68.7 Å². The summed E-state index contributed by atoms with van der Waals surface area (Å²) in [6.07, 6.45) is 0. The van der Waals surface area contributed by atoms with Crippen LogP contribution in [0.25, 0.3) is 0 Å². The summed E-state index contributed by atoms with van der Waals surface area (Å²) < 4.78 is 0. The van der Waals surface area contributed by atoms with Crippen LogP contribution in [0.2, 0.25) is 0 Å². The summed E-state index contributed by atoms with van der Waals surface area (Å²) in [6.45, 7) is 1.52. The molecule has 5 N–H and O–H groups in total. The van der Waals surface area contributed by atoms with Crippen LogP contribution in [0.3, 0.4) is 0 Å². The molecule has 0 amide bonds. The number of carboxylic acid groups (broad SMARTS) is 1. The summed E-state index contributed by atoms with van der Waals surface area (Å²) in [5, 5.41) is 43.8. The van der Waals surface area contributed by atoms with Crippen molar-refractivity contribution in [2.75, 3.05) is 0 Å². The molecule has 0 aliphatic rings. The number of aliphatic hydroxyl groups is 4. The Bertz CT molecular complexity index is 159. The lowest BCUT2D eigenvalue weighted by Crippen LogP contribution is -2.53. The third-order valence-electron chi connectivity index (χ3n) is 1.34. The van der Waals surface area contributed by atoms with Crippen LogP contribution in [0, 0.1) is 5.92 Å². The number of carbonyl (C=O) groups is 1. The van der Waals surface area contributed by atoms with E-state index in [2.05, 4.69) is 0 Å². The quantitative estimate of drug-likeness (QED) is 0.323. The largest absolute Gasteiger partial charge is 0.481 e. The van der Waals surface area contributed by atoms with Crippen molar-refractivity contribution in [2.45, 2.75) is 25.4 Å². The summed E-state index contributed by atoms with van der Waals surface area (Å²) in [7, 11) is 0. The molecule has 0 heterocycles. The highest BCUT2D eigenvalue weighted by molar-refractivity contribution is 5.72. The second-order valence-corrected chi connectivity index (χ2v) is 2.96. The van der Waals surface area contributed by atoms with E-state index < -0.39 is 23.5 Å². The molecule has 0 atom stereocenters. The van der Waals surface area contributed by atoms with Crippen LogP contribution >= 0.6 is 0 Å². The first-order valence-corrected chi connectivity index (χ1v) is 3.19. The van der Waals surface area contributed by atoms with Crippen molar-refractivity contribution in [2.24, 2.45) is 5.92 Å². The number of hydrogen-bond donors (Lipinski definition) is 5. The van der Waals surface area contributed by atoms with E-state index in [1.54, 1.807) is 0 Å². The van der Waals surface area contributed by atoms with Crippen molar-refractivity contribution in [3.05, 3.63) is 0 Å². The molecule has 0 rings (SSSR count). The van der Waals surface area contributed by atoms with Gasteiger partial charge in [-0.25, -0.2) is 0 Å². The molecule has 6 nitrogen and oxygen atoms in total. The van der Waals surface area contributed by atoms with E-state index in [0.717, 1.165) is 13.8 Å². The molecule has 0 aromatic carbocycles. The molecule has 0 aromatic rings. The summed E-state index contributed by atoms with van der Waals surface area (Å²) in [5.41, 5.74) is 0. The third-order valence-corrected chi connectivity index (χ3v) is 1.34. The van der Waals surface area contributed by atoms with Gasteiger partial charge in [0.2, 0.25) is 0 Å². The number of aliphatic carboxylic acids is 1. The lowest BCUT2D eigenvalue weighted by atomic mass is 9.92. The van der Waals surface area contributed by atoms with E-state index in [1.165, 1.54) is 0 Å². The van der Waals surface area contributed by atoms with Gasteiger partial charge < -0.3 is 25.5 Å². The van der Waals surface area contributed by atoms with E-state index >= 15 is 0 Å². The van der Waals surface area contributed by atoms with Crippen molar-refractivity contribution < 1.29 is 30.3 Å². The monoisotopic (exact) mass is 180 g/mol. The van der Waals surface area contributed by atoms with Crippen LogP contribution in [0.5, 0.6) is 0 Å². The zero-order valence-electron chi connectivity index (χ0n) is 6.72. The first-order valence-electron chi connectivity index (χ1n) is 3.19. The molecule has 0 bridgehead atoms. The molecule has 0 spiro atoms. The van der Waals surface area contributed by atoms with Gasteiger partial charge in [-0.05, 0) is 13.8 Å². The van der Waals surface area contributed by atoms with Crippen LogP contribution in [0.1, 0.15) is 13.8 Å². The molecule has 0 aliphatic heterocycles. The first-order chi connectivity index (χ1) is 5.07. The standard InChI is InChI=1S/C6H12O6/c1-5(9,10)3(4(7)8)6(2,11)12/h3,9-12H,1-2H3,(H,7,8). The van der Waals surface area contributed by atoms with Gasteiger partial charge in [-0.1, -0.05) is 0 Å². The fourth-order valence-corrected chi connectivity index (χ4v) is 0.986. The topological polar surface area (TPSA) is 118 Å². The fraction of sp³-hybridized carbons (Fsp3) is 0.833. The lowest BCUT2D eigenvalue weighted by molar-refractivity contribution is -0.282. The van der Waals surface area contributed by atoms with Gasteiger partial charge >= 0.3 is 5.97 Å². The maximum atomic E-state index is 10.4. The fourth-order valence-electron chi connectivity index (χ4n) is 0.986. The highest BCUT2D eigenvalue weighted by Crippen LogP contribution is 2.24. The highest BCUT2D eigenvalue weighted by Gasteiger charge is 2.47. The van der Waals surface area contributed by atoms with E-state index in [1.807, 2.05) is 0 Å². The van der Waals surface area contributed by atoms with Gasteiger partial charge in [-0.3, -0.25) is 4.79 Å². The van der Waals surface area contributed by atoms with Gasteiger partial charge in [-0.2, -0.15) is 0 Å². The van der Waals surface area contributed by atoms with Gasteiger partial charge in [-0.15, -0.1) is 0 Å². The van der Waals surface area contributed by atoms with Gasteiger partial charge in [0.1, 0.15) is 0 Å². The molecule has 0 aliphatic carbocycles. The molecule has 0 unspecified atom stereocenters. The smallest absolute Gasteiger partial charge is 0.317 e. The maximum absolute atomic E-state index is 10.4. The molecule has 72 valence electrons. The molecular weight excluding hydrogens is 168 g/mol. The lowest BCUT2D eigenvalue weighted by Gasteiger charge is -2.31. The second-order valence-electron chi connectivity index (χ2n) is 2.96. The van der Waals surface area contributed by atoms with Gasteiger partial charge in [0.05, 0.1) is 0 Å². The summed E-state index contributed by atoms with van der Waals surface area (Å²) in [4.78, 5) is 10.4.